The zero-order valence-electron chi connectivity index (χ0n) is 5.31. The Morgan fingerprint density at radius 1 is 1.50 bits per heavy atom. The minimum absolute atomic E-state index is 0.290. The molecule has 0 spiro atoms. The average Bonchev–Trinajstić information content (AvgIpc) is 1.62. The lowest BCUT2D eigenvalue weighted by molar-refractivity contribution is -0.0887. The van der Waals surface area contributed by atoms with E-state index in [1.807, 2.05) is 20.8 Å². The maximum atomic E-state index is 8.84. The van der Waals surface area contributed by atoms with Gasteiger partial charge in [0, 0.05) is 5.41 Å². The molecule has 0 saturated heterocycles. The van der Waals surface area contributed by atoms with E-state index in [0.29, 0.717) is 0 Å². The Balaban J connectivity index is 3.62. The van der Waals surface area contributed by atoms with Crippen LogP contribution in [-0.4, -0.2) is 11.4 Å². The smallest absolute Gasteiger partial charge is 0.179 e. The quantitative estimate of drug-likeness (QED) is 0.557. The molecule has 0 heterocycles. The molecule has 0 aliphatic heterocycles. The molecule has 0 amide bonds. The van der Waals surface area contributed by atoms with Crippen LogP contribution in [0.1, 0.15) is 20.8 Å². The highest BCUT2D eigenvalue weighted by Gasteiger charge is 2.22. The van der Waals surface area contributed by atoms with Crippen molar-refractivity contribution in [3.63, 3.8) is 0 Å². The molecule has 3 heteroatoms. The van der Waals surface area contributed by atoms with Crippen molar-refractivity contribution in [2.75, 3.05) is 0 Å². The molecule has 1 N–H and O–H groups in total. The van der Waals surface area contributed by atoms with Gasteiger partial charge in [-0.25, -0.2) is 4.29 Å². The molecular formula is C5H11ClO2. The molecule has 0 aromatic carbocycles. The highest BCUT2D eigenvalue weighted by atomic mass is 35.5. The van der Waals surface area contributed by atoms with Gasteiger partial charge < -0.3 is 5.11 Å². The first-order valence-electron chi connectivity index (χ1n) is 2.44. The number of hydrogen-bond donors (Lipinski definition) is 1. The predicted molar refractivity (Wildman–Crippen MR) is 32.4 cm³/mol. The summed E-state index contributed by atoms with van der Waals surface area (Å²) < 4.78 is 4.14. The van der Waals surface area contributed by atoms with Crippen LogP contribution in [0.3, 0.4) is 0 Å². The van der Waals surface area contributed by atoms with Gasteiger partial charge in [-0.3, -0.25) is 0 Å². The van der Waals surface area contributed by atoms with Gasteiger partial charge in [0.25, 0.3) is 0 Å². The van der Waals surface area contributed by atoms with Gasteiger partial charge in [0.05, 0.1) is 11.9 Å². The Labute approximate surface area is 54.6 Å². The van der Waals surface area contributed by atoms with E-state index in [1.54, 1.807) is 0 Å². The molecular weight excluding hydrogens is 128 g/mol. The zero-order chi connectivity index (χ0) is 6.78. The van der Waals surface area contributed by atoms with Crippen LogP contribution in [0, 0.1) is 5.41 Å². The lowest BCUT2D eigenvalue weighted by atomic mass is 9.96. The molecule has 0 radical (unpaired) electrons. The van der Waals surface area contributed by atoms with E-state index in [-0.39, 0.29) is 5.41 Å². The highest BCUT2D eigenvalue weighted by molar-refractivity contribution is 6.07. The lowest BCUT2D eigenvalue weighted by Gasteiger charge is -2.21. The van der Waals surface area contributed by atoms with E-state index >= 15 is 0 Å². The van der Waals surface area contributed by atoms with Gasteiger partial charge in [-0.2, -0.15) is 0 Å². The zero-order valence-corrected chi connectivity index (χ0v) is 6.07. The van der Waals surface area contributed by atoms with Crippen molar-refractivity contribution in [3.8, 4) is 0 Å². The summed E-state index contributed by atoms with van der Waals surface area (Å²) in [5.41, 5.74) is -0.290. The average molecular weight is 139 g/mol. The summed E-state index contributed by atoms with van der Waals surface area (Å²) in [6, 6.07) is 0. The van der Waals surface area contributed by atoms with Crippen molar-refractivity contribution in [2.45, 2.75) is 27.1 Å². The van der Waals surface area contributed by atoms with Gasteiger partial charge in [0.15, 0.2) is 6.29 Å². The van der Waals surface area contributed by atoms with Gasteiger partial charge in [0.2, 0.25) is 0 Å². The summed E-state index contributed by atoms with van der Waals surface area (Å²) in [7, 11) is 0. The number of aliphatic hydroxyl groups excluding tert-OH is 1. The number of halogens is 1. The number of hydrogen-bond acceptors (Lipinski definition) is 2. The minimum Gasteiger partial charge on any atom is -0.366 e. The topological polar surface area (TPSA) is 29.5 Å². The van der Waals surface area contributed by atoms with Crippen LogP contribution in [-0.2, 0) is 4.29 Å². The van der Waals surface area contributed by atoms with Crippen LogP contribution < -0.4 is 0 Å². The molecule has 8 heavy (non-hydrogen) atoms. The van der Waals surface area contributed by atoms with Gasteiger partial charge in [-0.05, 0) is 0 Å². The van der Waals surface area contributed by atoms with Crippen LogP contribution in [0.25, 0.3) is 0 Å². The molecule has 0 aromatic heterocycles. The van der Waals surface area contributed by atoms with Crippen molar-refractivity contribution < 1.29 is 9.40 Å². The van der Waals surface area contributed by atoms with Crippen LogP contribution in [0.4, 0.5) is 0 Å². The standard InChI is InChI=1S/C5H11ClO2/c1-5(2,3)4(7)8-6/h4,7H,1-3H3. The summed E-state index contributed by atoms with van der Waals surface area (Å²) in [5, 5.41) is 8.84. The first-order valence-corrected chi connectivity index (χ1v) is 2.75. The van der Waals surface area contributed by atoms with Crippen molar-refractivity contribution >= 4 is 11.9 Å². The fraction of sp³-hybridized carbons (Fsp3) is 1.00. The number of aliphatic hydroxyl groups is 1. The SMILES string of the molecule is CC(C)(C)C(O)OCl. The molecule has 0 aliphatic rings. The van der Waals surface area contributed by atoms with Crippen LogP contribution >= 0.6 is 11.9 Å². The van der Waals surface area contributed by atoms with E-state index in [2.05, 4.69) is 4.29 Å². The van der Waals surface area contributed by atoms with E-state index < -0.39 is 6.29 Å². The van der Waals surface area contributed by atoms with Crippen molar-refractivity contribution in [1.82, 2.24) is 0 Å². The summed E-state index contributed by atoms with van der Waals surface area (Å²) in [6.45, 7) is 5.50. The summed E-state index contributed by atoms with van der Waals surface area (Å²) in [4.78, 5) is 0. The largest absolute Gasteiger partial charge is 0.366 e. The summed E-state index contributed by atoms with van der Waals surface area (Å²) in [6.07, 6.45) is -0.885. The molecule has 2 nitrogen and oxygen atoms in total. The fourth-order valence-corrected chi connectivity index (χ4v) is 0.401. The first kappa shape index (κ1) is 8.21. The normalized spacial score (nSPS) is 16.1. The fourth-order valence-electron chi connectivity index (χ4n) is 0.134. The Morgan fingerprint density at radius 3 is 1.88 bits per heavy atom. The Morgan fingerprint density at radius 2 is 1.88 bits per heavy atom. The Hall–Kier alpha value is 0.210. The highest BCUT2D eigenvalue weighted by Crippen LogP contribution is 2.20. The Bertz CT molecular complexity index is 67.3. The molecule has 0 saturated carbocycles. The molecule has 50 valence electrons. The second-order valence-corrected chi connectivity index (χ2v) is 2.99. The van der Waals surface area contributed by atoms with Gasteiger partial charge in [-0.1, -0.05) is 20.8 Å². The van der Waals surface area contributed by atoms with Crippen LogP contribution in [0.2, 0.25) is 0 Å². The summed E-state index contributed by atoms with van der Waals surface area (Å²) in [5.74, 6) is 0. The third-order valence-corrected chi connectivity index (χ3v) is 0.994. The maximum absolute atomic E-state index is 8.84. The molecule has 0 bridgehead atoms. The second kappa shape index (κ2) is 2.67. The predicted octanol–water partition coefficient (Wildman–Crippen LogP) is 1.52. The van der Waals surface area contributed by atoms with Crippen molar-refractivity contribution in [2.24, 2.45) is 5.41 Å². The van der Waals surface area contributed by atoms with Crippen LogP contribution in [0.15, 0.2) is 0 Å². The number of rotatable bonds is 1. The molecule has 0 fully saturated rings. The maximum Gasteiger partial charge on any atom is 0.179 e. The van der Waals surface area contributed by atoms with Gasteiger partial charge in [0.1, 0.15) is 0 Å². The van der Waals surface area contributed by atoms with E-state index in [9.17, 15) is 0 Å². The second-order valence-electron chi connectivity index (χ2n) is 2.81. The van der Waals surface area contributed by atoms with E-state index in [4.69, 9.17) is 17.0 Å². The Kier molecular flexibility index (Phi) is 2.74. The lowest BCUT2D eigenvalue weighted by Crippen LogP contribution is -2.25. The van der Waals surface area contributed by atoms with E-state index in [1.165, 1.54) is 0 Å². The molecule has 1 atom stereocenters. The molecule has 0 rings (SSSR count). The van der Waals surface area contributed by atoms with Gasteiger partial charge in [-0.15, -0.1) is 0 Å². The first-order chi connectivity index (χ1) is 3.48. The van der Waals surface area contributed by atoms with Crippen LogP contribution in [0.5, 0.6) is 0 Å². The van der Waals surface area contributed by atoms with Crippen molar-refractivity contribution in [1.29, 1.82) is 0 Å². The van der Waals surface area contributed by atoms with Gasteiger partial charge >= 0.3 is 0 Å². The van der Waals surface area contributed by atoms with E-state index in [0.717, 1.165) is 0 Å². The third kappa shape index (κ3) is 2.50. The molecule has 1 unspecified atom stereocenters. The summed E-state index contributed by atoms with van der Waals surface area (Å²) >= 11 is 4.89. The van der Waals surface area contributed by atoms with Crippen molar-refractivity contribution in [3.05, 3.63) is 0 Å². The minimum atomic E-state index is -0.885. The monoisotopic (exact) mass is 138 g/mol. The third-order valence-electron chi connectivity index (χ3n) is 0.825. The molecule has 0 aliphatic carbocycles. The molecule has 0 aromatic rings.